The lowest BCUT2D eigenvalue weighted by Gasteiger charge is -2.19. The van der Waals surface area contributed by atoms with Gasteiger partial charge < -0.3 is 10.5 Å². The number of carbonyl (C=O) groups excluding carboxylic acids is 1. The van der Waals surface area contributed by atoms with Crippen molar-refractivity contribution in [2.45, 2.75) is 75.1 Å². The summed E-state index contributed by atoms with van der Waals surface area (Å²) < 4.78 is 33.1. The Morgan fingerprint density at radius 2 is 2.04 bits per heavy atom. The molecule has 1 fully saturated rings. The Kier molecular flexibility index (Phi) is 7.90. The summed E-state index contributed by atoms with van der Waals surface area (Å²) in [6.07, 6.45) is 6.80. The van der Waals surface area contributed by atoms with E-state index in [1.165, 1.54) is 0 Å². The largest absolute Gasteiger partial charge is 0.450 e. The van der Waals surface area contributed by atoms with Crippen LogP contribution in [0.5, 0.6) is 0 Å². The molecule has 1 saturated carbocycles. The number of hydrogen-bond acceptors (Lipinski definition) is 4. The van der Waals surface area contributed by atoms with E-state index in [0.717, 1.165) is 50.5 Å². The van der Waals surface area contributed by atoms with Gasteiger partial charge >= 0.3 is 6.09 Å². The van der Waals surface area contributed by atoms with Gasteiger partial charge in [0.05, 0.1) is 11.5 Å². The molecular weight excluding hydrogens is 352 g/mol. The first-order valence-electron chi connectivity index (χ1n) is 9.47. The van der Waals surface area contributed by atoms with Crippen LogP contribution in [-0.4, -0.2) is 27.2 Å². The molecule has 146 valence electrons. The predicted molar refractivity (Wildman–Crippen MR) is 101 cm³/mol. The van der Waals surface area contributed by atoms with Gasteiger partial charge in [-0.2, -0.15) is 0 Å². The highest BCUT2D eigenvalue weighted by molar-refractivity contribution is 7.89. The van der Waals surface area contributed by atoms with Gasteiger partial charge in [0, 0.05) is 6.04 Å². The summed E-state index contributed by atoms with van der Waals surface area (Å²) in [5, 5.41) is 0. The van der Waals surface area contributed by atoms with Crippen molar-refractivity contribution in [1.82, 2.24) is 4.72 Å². The number of amides is 1. The fourth-order valence-corrected chi connectivity index (χ4v) is 4.86. The van der Waals surface area contributed by atoms with E-state index in [0.29, 0.717) is 11.3 Å². The number of sulfonamides is 1. The molecule has 0 heterocycles. The third-order valence-electron chi connectivity index (χ3n) is 4.93. The van der Waals surface area contributed by atoms with Crippen LogP contribution < -0.4 is 10.5 Å². The van der Waals surface area contributed by atoms with Crippen molar-refractivity contribution >= 4 is 16.1 Å². The lowest BCUT2D eigenvalue weighted by atomic mass is 9.91. The van der Waals surface area contributed by atoms with Crippen LogP contribution >= 0.6 is 0 Å². The molecule has 7 heteroatoms. The zero-order chi connectivity index (χ0) is 19.0. The smallest absolute Gasteiger partial charge is 0.404 e. The molecule has 0 spiro atoms. The van der Waals surface area contributed by atoms with E-state index in [9.17, 15) is 13.2 Å². The van der Waals surface area contributed by atoms with E-state index in [4.69, 9.17) is 10.5 Å². The van der Waals surface area contributed by atoms with Gasteiger partial charge in [-0.15, -0.1) is 0 Å². The van der Waals surface area contributed by atoms with Crippen LogP contribution in [0.15, 0.2) is 29.2 Å². The van der Waals surface area contributed by atoms with Gasteiger partial charge in [-0.1, -0.05) is 44.7 Å². The molecule has 0 aromatic heterocycles. The van der Waals surface area contributed by atoms with Gasteiger partial charge in [0.2, 0.25) is 10.0 Å². The predicted octanol–water partition coefficient (Wildman–Crippen LogP) is 3.67. The van der Waals surface area contributed by atoms with Crippen LogP contribution in [-0.2, 0) is 14.8 Å². The normalized spacial score (nSPS) is 16.5. The Hall–Kier alpha value is -1.60. The Bertz CT molecular complexity index is 685. The molecule has 0 radical (unpaired) electrons. The molecular formula is C19H30N2O4S. The number of primary amides is 1. The number of nitrogens with one attached hydrogen (secondary N) is 1. The lowest BCUT2D eigenvalue weighted by Crippen LogP contribution is -2.32. The lowest BCUT2D eigenvalue weighted by molar-refractivity contribution is 0.152. The Morgan fingerprint density at radius 1 is 1.31 bits per heavy atom. The van der Waals surface area contributed by atoms with Crippen molar-refractivity contribution in [2.75, 3.05) is 6.61 Å². The minimum Gasteiger partial charge on any atom is -0.450 e. The maximum atomic E-state index is 12.7. The molecule has 2 rings (SSSR count). The van der Waals surface area contributed by atoms with Gasteiger partial charge in [0.25, 0.3) is 0 Å². The van der Waals surface area contributed by atoms with Crippen molar-refractivity contribution in [2.24, 2.45) is 5.73 Å². The van der Waals surface area contributed by atoms with Crippen LogP contribution in [0.2, 0.25) is 0 Å². The van der Waals surface area contributed by atoms with Crippen LogP contribution in [0.3, 0.4) is 0 Å². The van der Waals surface area contributed by atoms with Crippen molar-refractivity contribution < 1.29 is 17.9 Å². The number of hydrogen-bond donors (Lipinski definition) is 2. The van der Waals surface area contributed by atoms with Crippen LogP contribution in [0, 0.1) is 0 Å². The van der Waals surface area contributed by atoms with Gasteiger partial charge in [-0.25, -0.2) is 17.9 Å². The Balaban J connectivity index is 2.12. The molecule has 0 saturated heterocycles. The minimum absolute atomic E-state index is 0.0449. The second-order valence-electron chi connectivity index (χ2n) is 6.97. The third kappa shape index (κ3) is 6.29. The second kappa shape index (κ2) is 9.92. The molecule has 1 aromatic carbocycles. The average Bonchev–Trinajstić information content (AvgIpc) is 3.10. The first-order chi connectivity index (χ1) is 12.4. The maximum absolute atomic E-state index is 12.7. The van der Waals surface area contributed by atoms with Gasteiger partial charge in [0.15, 0.2) is 0 Å². The van der Waals surface area contributed by atoms with E-state index in [2.05, 4.69) is 11.6 Å². The summed E-state index contributed by atoms with van der Waals surface area (Å²) >= 11 is 0. The standard InChI is InChI=1S/C19H30N2O4S/c1-2-3-7-15(12-13-25-19(20)22)16-8-6-11-18(14-16)26(23,24)21-17-9-4-5-10-17/h6,8,11,14-15,17,21H,2-5,7,9-10,12-13H2,1H3,(H2,20,22). The summed E-state index contributed by atoms with van der Waals surface area (Å²) in [6, 6.07) is 7.16. The molecule has 0 aliphatic heterocycles. The monoisotopic (exact) mass is 382 g/mol. The van der Waals surface area contributed by atoms with E-state index >= 15 is 0 Å². The van der Waals surface area contributed by atoms with Crippen molar-refractivity contribution in [3.8, 4) is 0 Å². The number of benzene rings is 1. The molecule has 1 atom stereocenters. The zero-order valence-electron chi connectivity index (χ0n) is 15.4. The first-order valence-corrected chi connectivity index (χ1v) is 10.9. The highest BCUT2D eigenvalue weighted by Gasteiger charge is 2.23. The fraction of sp³-hybridized carbons (Fsp3) is 0.632. The van der Waals surface area contributed by atoms with Gasteiger partial charge in [0.1, 0.15) is 0 Å². The van der Waals surface area contributed by atoms with Crippen molar-refractivity contribution in [3.63, 3.8) is 0 Å². The number of nitrogens with two attached hydrogens (primary N) is 1. The number of unbranched alkanes of at least 4 members (excludes halogenated alkanes) is 1. The summed E-state index contributed by atoms with van der Waals surface area (Å²) in [6.45, 7) is 2.35. The SMILES string of the molecule is CCCCC(CCOC(N)=O)c1cccc(S(=O)(=O)NC2CCCC2)c1. The van der Waals surface area contributed by atoms with Crippen molar-refractivity contribution in [3.05, 3.63) is 29.8 Å². The second-order valence-corrected chi connectivity index (χ2v) is 8.68. The maximum Gasteiger partial charge on any atom is 0.404 e. The molecule has 1 unspecified atom stereocenters. The summed E-state index contributed by atoms with van der Waals surface area (Å²) in [5.74, 6) is 0.135. The number of rotatable bonds is 10. The van der Waals surface area contributed by atoms with Crippen LogP contribution in [0.4, 0.5) is 4.79 Å². The van der Waals surface area contributed by atoms with Crippen LogP contribution in [0.1, 0.15) is 69.8 Å². The molecule has 1 aliphatic rings. The summed E-state index contributed by atoms with van der Waals surface area (Å²) in [4.78, 5) is 11.1. The molecule has 26 heavy (non-hydrogen) atoms. The molecule has 6 nitrogen and oxygen atoms in total. The fourth-order valence-electron chi connectivity index (χ4n) is 3.50. The highest BCUT2D eigenvalue weighted by atomic mass is 32.2. The topological polar surface area (TPSA) is 98.5 Å². The molecule has 0 bridgehead atoms. The van der Waals surface area contributed by atoms with Gasteiger partial charge in [-0.3, -0.25) is 0 Å². The van der Waals surface area contributed by atoms with E-state index < -0.39 is 16.1 Å². The van der Waals surface area contributed by atoms with Gasteiger partial charge in [-0.05, 0) is 49.3 Å². The quantitative estimate of drug-likeness (QED) is 0.645. The first kappa shape index (κ1) is 20.7. The van der Waals surface area contributed by atoms with Crippen LogP contribution in [0.25, 0.3) is 0 Å². The van der Waals surface area contributed by atoms with E-state index in [-0.39, 0.29) is 18.6 Å². The average molecular weight is 383 g/mol. The molecule has 1 amide bonds. The molecule has 1 aromatic rings. The van der Waals surface area contributed by atoms with Crippen molar-refractivity contribution in [1.29, 1.82) is 0 Å². The minimum atomic E-state index is -3.51. The number of carbonyl (C=O) groups is 1. The zero-order valence-corrected chi connectivity index (χ0v) is 16.3. The molecule has 3 N–H and O–H groups in total. The summed E-state index contributed by atoms with van der Waals surface area (Å²) in [7, 11) is -3.51. The third-order valence-corrected chi connectivity index (χ3v) is 6.45. The van der Waals surface area contributed by atoms with E-state index in [1.807, 2.05) is 6.07 Å². The Labute approximate surface area is 156 Å². The molecule has 1 aliphatic carbocycles. The Morgan fingerprint density at radius 3 is 2.69 bits per heavy atom. The number of ether oxygens (including phenoxy) is 1. The summed E-state index contributed by atoms with van der Waals surface area (Å²) in [5.41, 5.74) is 5.99. The highest BCUT2D eigenvalue weighted by Crippen LogP contribution is 2.28. The van der Waals surface area contributed by atoms with E-state index in [1.54, 1.807) is 18.2 Å².